The topological polar surface area (TPSA) is 87.7 Å². The summed E-state index contributed by atoms with van der Waals surface area (Å²) in [5.74, 6) is 0. The molecule has 0 aliphatic heterocycles. The second kappa shape index (κ2) is 5.51. The lowest BCUT2D eigenvalue weighted by Gasteiger charge is -2.09. The van der Waals surface area contributed by atoms with Gasteiger partial charge in [0.2, 0.25) is 10.0 Å². The molecular formula is C15H16N4O2S. The highest BCUT2D eigenvalue weighted by Gasteiger charge is 2.22. The second-order valence-electron chi connectivity index (χ2n) is 5.07. The number of pyridine rings is 1. The fourth-order valence-corrected chi connectivity index (χ4v) is 3.86. The van der Waals surface area contributed by atoms with Crippen molar-refractivity contribution in [2.24, 2.45) is 0 Å². The smallest absolute Gasteiger partial charge is 0.244 e. The minimum absolute atomic E-state index is 0.204. The molecule has 3 rings (SSSR count). The number of rotatable bonds is 4. The van der Waals surface area contributed by atoms with E-state index in [-0.39, 0.29) is 11.4 Å². The number of nitrogens with one attached hydrogen (secondary N) is 2. The molecule has 0 unspecified atom stereocenters. The van der Waals surface area contributed by atoms with Crippen LogP contribution in [0.15, 0.2) is 41.4 Å². The molecule has 0 radical (unpaired) electrons. The third-order valence-corrected chi connectivity index (χ3v) is 5.18. The normalized spacial score (nSPS) is 11.9. The van der Waals surface area contributed by atoms with Crippen molar-refractivity contribution in [1.82, 2.24) is 19.9 Å². The first-order valence-electron chi connectivity index (χ1n) is 6.83. The summed E-state index contributed by atoms with van der Waals surface area (Å²) >= 11 is 0. The summed E-state index contributed by atoms with van der Waals surface area (Å²) < 4.78 is 27.6. The largest absolute Gasteiger partial charge is 0.281 e. The van der Waals surface area contributed by atoms with E-state index >= 15 is 0 Å². The van der Waals surface area contributed by atoms with Crippen LogP contribution < -0.4 is 4.72 Å². The predicted octanol–water partition coefficient (Wildman–Crippen LogP) is 2.05. The Kier molecular flexibility index (Phi) is 3.67. The van der Waals surface area contributed by atoms with E-state index in [4.69, 9.17) is 0 Å². The van der Waals surface area contributed by atoms with Crippen LogP contribution in [0.2, 0.25) is 0 Å². The second-order valence-corrected chi connectivity index (χ2v) is 6.78. The molecule has 2 aromatic heterocycles. The Balaban J connectivity index is 1.91. The van der Waals surface area contributed by atoms with Gasteiger partial charge in [-0.2, -0.15) is 5.10 Å². The van der Waals surface area contributed by atoms with Gasteiger partial charge in [-0.1, -0.05) is 18.2 Å². The number of aromatic nitrogens is 3. The minimum atomic E-state index is -3.61. The molecule has 7 heteroatoms. The third-order valence-electron chi connectivity index (χ3n) is 3.52. The van der Waals surface area contributed by atoms with Gasteiger partial charge < -0.3 is 0 Å². The Bertz CT molecular complexity index is 907. The van der Waals surface area contributed by atoms with Crippen LogP contribution in [-0.2, 0) is 16.6 Å². The molecule has 2 N–H and O–H groups in total. The highest BCUT2D eigenvalue weighted by molar-refractivity contribution is 7.89. The lowest BCUT2D eigenvalue weighted by molar-refractivity contribution is 0.580. The van der Waals surface area contributed by atoms with Gasteiger partial charge >= 0.3 is 0 Å². The minimum Gasteiger partial charge on any atom is -0.281 e. The Morgan fingerprint density at radius 3 is 2.68 bits per heavy atom. The first-order chi connectivity index (χ1) is 10.5. The van der Waals surface area contributed by atoms with Gasteiger partial charge in [0, 0.05) is 18.1 Å². The van der Waals surface area contributed by atoms with Crippen molar-refractivity contribution >= 4 is 20.9 Å². The van der Waals surface area contributed by atoms with Crippen molar-refractivity contribution < 1.29 is 8.42 Å². The Hall–Kier alpha value is -2.25. The first-order valence-corrected chi connectivity index (χ1v) is 8.31. The molecular weight excluding hydrogens is 300 g/mol. The van der Waals surface area contributed by atoms with E-state index in [0.717, 1.165) is 16.5 Å². The average molecular weight is 316 g/mol. The molecule has 0 saturated carbocycles. The highest BCUT2D eigenvalue weighted by Crippen LogP contribution is 2.19. The van der Waals surface area contributed by atoms with E-state index < -0.39 is 10.0 Å². The molecule has 0 aliphatic carbocycles. The van der Waals surface area contributed by atoms with Crippen molar-refractivity contribution in [1.29, 1.82) is 0 Å². The molecule has 0 fully saturated rings. The van der Waals surface area contributed by atoms with Crippen LogP contribution in [-0.4, -0.2) is 23.6 Å². The Labute approximate surface area is 128 Å². The van der Waals surface area contributed by atoms with Gasteiger partial charge in [-0.05, 0) is 31.5 Å². The third kappa shape index (κ3) is 2.60. The van der Waals surface area contributed by atoms with Gasteiger partial charge in [0.1, 0.15) is 4.90 Å². The quantitative estimate of drug-likeness (QED) is 0.771. The zero-order valence-corrected chi connectivity index (χ0v) is 13.1. The van der Waals surface area contributed by atoms with Crippen LogP contribution in [0.1, 0.15) is 17.0 Å². The zero-order valence-electron chi connectivity index (χ0n) is 12.3. The Morgan fingerprint density at radius 2 is 1.95 bits per heavy atom. The predicted molar refractivity (Wildman–Crippen MR) is 83.8 cm³/mol. The van der Waals surface area contributed by atoms with E-state index in [2.05, 4.69) is 19.9 Å². The zero-order chi connectivity index (χ0) is 15.7. The van der Waals surface area contributed by atoms with Crippen LogP contribution in [0.25, 0.3) is 10.9 Å². The molecule has 0 spiro atoms. The maximum absolute atomic E-state index is 12.5. The van der Waals surface area contributed by atoms with E-state index in [1.807, 2.05) is 30.3 Å². The van der Waals surface area contributed by atoms with Gasteiger partial charge in [0.05, 0.1) is 16.9 Å². The van der Waals surface area contributed by atoms with Gasteiger partial charge in [0.25, 0.3) is 0 Å². The molecule has 0 aliphatic rings. The lowest BCUT2D eigenvalue weighted by Crippen LogP contribution is -2.24. The maximum atomic E-state index is 12.5. The van der Waals surface area contributed by atoms with Crippen LogP contribution >= 0.6 is 0 Å². The number of aromatic amines is 1. The molecule has 6 nitrogen and oxygen atoms in total. The Morgan fingerprint density at radius 1 is 1.18 bits per heavy atom. The van der Waals surface area contributed by atoms with Gasteiger partial charge in [-0.25, -0.2) is 13.1 Å². The van der Waals surface area contributed by atoms with Crippen molar-refractivity contribution in [2.75, 3.05) is 0 Å². The van der Waals surface area contributed by atoms with E-state index in [0.29, 0.717) is 11.4 Å². The summed E-state index contributed by atoms with van der Waals surface area (Å²) in [5, 5.41) is 7.56. The van der Waals surface area contributed by atoms with Crippen molar-refractivity contribution in [3.63, 3.8) is 0 Å². The van der Waals surface area contributed by atoms with E-state index in [1.165, 1.54) is 0 Å². The van der Waals surface area contributed by atoms with Crippen molar-refractivity contribution in [3.05, 3.63) is 53.5 Å². The monoisotopic (exact) mass is 316 g/mol. The number of sulfonamides is 1. The van der Waals surface area contributed by atoms with Crippen LogP contribution in [0.4, 0.5) is 0 Å². The molecule has 2 heterocycles. The number of hydrogen-bond acceptors (Lipinski definition) is 4. The average Bonchev–Trinajstić information content (AvgIpc) is 2.85. The number of aryl methyl sites for hydroxylation is 2. The summed E-state index contributed by atoms with van der Waals surface area (Å²) in [4.78, 5) is 4.49. The highest BCUT2D eigenvalue weighted by atomic mass is 32.2. The number of fused-ring (bicyclic) bond motifs is 1. The fourth-order valence-electron chi connectivity index (χ4n) is 2.49. The summed E-state index contributed by atoms with van der Waals surface area (Å²) in [6, 6.07) is 9.46. The SMILES string of the molecule is Cc1n[nH]c(C)c1S(=O)(=O)NCc1ccnc2ccccc12. The molecule has 1 aromatic carbocycles. The van der Waals surface area contributed by atoms with Crippen LogP contribution in [0.3, 0.4) is 0 Å². The molecule has 0 atom stereocenters. The lowest BCUT2D eigenvalue weighted by atomic mass is 10.1. The molecule has 0 bridgehead atoms. The summed E-state index contributed by atoms with van der Waals surface area (Å²) in [5.41, 5.74) is 2.72. The van der Waals surface area contributed by atoms with Gasteiger partial charge in [0.15, 0.2) is 0 Å². The number of benzene rings is 1. The number of para-hydroxylation sites is 1. The first kappa shape index (κ1) is 14.7. The van der Waals surface area contributed by atoms with Crippen molar-refractivity contribution in [3.8, 4) is 0 Å². The molecule has 114 valence electrons. The van der Waals surface area contributed by atoms with Gasteiger partial charge in [-0.15, -0.1) is 0 Å². The summed E-state index contributed by atoms with van der Waals surface area (Å²) in [7, 11) is -3.61. The molecule has 0 saturated heterocycles. The number of hydrogen-bond donors (Lipinski definition) is 2. The molecule has 3 aromatic rings. The fraction of sp³-hybridized carbons (Fsp3) is 0.200. The molecule has 0 amide bonds. The van der Waals surface area contributed by atoms with Crippen LogP contribution in [0, 0.1) is 13.8 Å². The van der Waals surface area contributed by atoms with E-state index in [9.17, 15) is 8.42 Å². The maximum Gasteiger partial charge on any atom is 0.244 e. The number of H-pyrrole nitrogens is 1. The summed E-state index contributed by atoms with van der Waals surface area (Å²) in [6.45, 7) is 3.56. The summed E-state index contributed by atoms with van der Waals surface area (Å²) in [6.07, 6.45) is 1.68. The van der Waals surface area contributed by atoms with Gasteiger partial charge in [-0.3, -0.25) is 10.1 Å². The van der Waals surface area contributed by atoms with Crippen molar-refractivity contribution in [2.45, 2.75) is 25.3 Å². The molecule has 22 heavy (non-hydrogen) atoms. The number of nitrogens with zero attached hydrogens (tertiary/aromatic N) is 2. The van der Waals surface area contributed by atoms with E-state index in [1.54, 1.807) is 20.0 Å². The standard InChI is InChI=1S/C15H16N4O2S/c1-10-15(11(2)19-18-10)22(20,21)17-9-12-7-8-16-14-6-4-3-5-13(12)14/h3-8,17H,9H2,1-2H3,(H,18,19). The van der Waals surface area contributed by atoms with Crippen LogP contribution in [0.5, 0.6) is 0 Å².